The van der Waals surface area contributed by atoms with Gasteiger partial charge in [0.15, 0.2) is 5.58 Å². The standard InChI is InChI=1S/C48H32N2O/c1-3-12-33(13-4-1)35-22-26-37(27-23-35)49(38-28-24-36(25-29-38)34-14-5-2-6-15-34)39-30-31-42-43-18-11-21-46(48(43)51-47(42)32-39)50-44-19-9-7-16-40(44)41-17-8-10-20-45(41)50/h1-32H/i11D,18D,21D,30D,31D,32D. The second-order valence-electron chi connectivity index (χ2n) is 12.5. The maximum Gasteiger partial charge on any atom is 0.159 e. The van der Waals surface area contributed by atoms with Crippen LogP contribution in [0.5, 0.6) is 0 Å². The van der Waals surface area contributed by atoms with E-state index in [9.17, 15) is 5.48 Å². The van der Waals surface area contributed by atoms with Crippen molar-refractivity contribution in [3.63, 3.8) is 0 Å². The summed E-state index contributed by atoms with van der Waals surface area (Å²) in [7, 11) is 0. The van der Waals surface area contributed by atoms with E-state index in [1.165, 1.54) is 0 Å². The first-order valence-electron chi connectivity index (χ1n) is 19.9. The monoisotopic (exact) mass is 658 g/mol. The maximum atomic E-state index is 9.78. The molecule has 0 aliphatic carbocycles. The minimum atomic E-state index is -0.331. The Morgan fingerprint density at radius 2 is 0.941 bits per heavy atom. The number of rotatable bonds is 6. The van der Waals surface area contributed by atoms with E-state index in [0.29, 0.717) is 11.4 Å². The first-order valence-corrected chi connectivity index (χ1v) is 16.9. The number of anilines is 3. The van der Waals surface area contributed by atoms with Crippen LogP contribution in [-0.4, -0.2) is 4.57 Å². The van der Waals surface area contributed by atoms with Gasteiger partial charge in [0.05, 0.1) is 24.9 Å². The smallest absolute Gasteiger partial charge is 0.159 e. The molecule has 240 valence electrons. The van der Waals surface area contributed by atoms with Crippen molar-refractivity contribution in [2.75, 3.05) is 4.90 Å². The predicted octanol–water partition coefficient (Wildman–Crippen LogP) is 13.5. The van der Waals surface area contributed by atoms with E-state index in [1.54, 1.807) is 4.90 Å². The van der Waals surface area contributed by atoms with Gasteiger partial charge >= 0.3 is 0 Å². The zero-order valence-electron chi connectivity index (χ0n) is 33.3. The van der Waals surface area contributed by atoms with Crippen molar-refractivity contribution >= 4 is 60.8 Å². The van der Waals surface area contributed by atoms with E-state index in [1.807, 2.05) is 162 Å². The highest BCUT2D eigenvalue weighted by atomic mass is 16.3. The number of fused-ring (bicyclic) bond motifs is 6. The third-order valence-electron chi connectivity index (χ3n) is 9.52. The number of aromatic nitrogens is 1. The summed E-state index contributed by atoms with van der Waals surface area (Å²) in [6, 6.07) is 50.0. The summed E-state index contributed by atoms with van der Waals surface area (Å²) in [6.45, 7) is 0. The second-order valence-corrected chi connectivity index (χ2v) is 12.5. The molecule has 2 heterocycles. The number of para-hydroxylation sites is 3. The zero-order valence-corrected chi connectivity index (χ0v) is 27.3. The SMILES string of the molecule is [2H]c1c([2H])c([2H])c2c(oc3c([2H])c(N(c4ccc(-c5ccccc5)cc4)c4ccc(-c5ccccc5)cc4)c([2H])c([2H])c32)c1-n1c2ccccc2c2ccccc21. The lowest BCUT2D eigenvalue weighted by Gasteiger charge is -2.26. The number of benzene rings is 8. The molecule has 3 nitrogen and oxygen atoms in total. The Morgan fingerprint density at radius 1 is 0.431 bits per heavy atom. The van der Waals surface area contributed by atoms with Gasteiger partial charge in [-0.1, -0.05) is 133 Å². The molecule has 8 aromatic carbocycles. The van der Waals surface area contributed by atoms with Gasteiger partial charge in [0, 0.05) is 44.6 Å². The first kappa shape index (κ1) is 23.5. The molecule has 0 unspecified atom stereocenters. The lowest BCUT2D eigenvalue weighted by atomic mass is 10.0. The van der Waals surface area contributed by atoms with Crippen LogP contribution >= 0.6 is 0 Å². The fraction of sp³-hybridized carbons (Fsp3) is 0. The van der Waals surface area contributed by atoms with Crippen LogP contribution in [0.2, 0.25) is 0 Å². The molecule has 0 aliphatic heterocycles. The van der Waals surface area contributed by atoms with Crippen LogP contribution < -0.4 is 4.90 Å². The zero-order chi connectivity index (χ0) is 38.9. The van der Waals surface area contributed by atoms with Gasteiger partial charge < -0.3 is 13.9 Å². The van der Waals surface area contributed by atoms with Gasteiger partial charge in [0.1, 0.15) is 5.58 Å². The fourth-order valence-corrected chi connectivity index (χ4v) is 7.10. The van der Waals surface area contributed by atoms with E-state index >= 15 is 0 Å². The van der Waals surface area contributed by atoms with Crippen molar-refractivity contribution in [3.8, 4) is 27.9 Å². The molecule has 0 amide bonds. The topological polar surface area (TPSA) is 21.3 Å². The van der Waals surface area contributed by atoms with Gasteiger partial charge in [0.2, 0.25) is 0 Å². The third-order valence-corrected chi connectivity index (χ3v) is 9.52. The van der Waals surface area contributed by atoms with Crippen molar-refractivity contribution in [1.82, 2.24) is 4.57 Å². The Balaban J connectivity index is 1.24. The minimum Gasteiger partial charge on any atom is -0.454 e. The molecule has 3 heteroatoms. The normalized spacial score (nSPS) is 13.2. The summed E-state index contributed by atoms with van der Waals surface area (Å²) in [6.07, 6.45) is 0. The molecule has 0 radical (unpaired) electrons. The largest absolute Gasteiger partial charge is 0.454 e. The van der Waals surface area contributed by atoms with Crippen molar-refractivity contribution < 1.29 is 12.6 Å². The Hall–Kier alpha value is -6.84. The van der Waals surface area contributed by atoms with E-state index in [2.05, 4.69) is 0 Å². The second kappa shape index (κ2) is 11.9. The average Bonchev–Trinajstić information content (AvgIpc) is 3.82. The van der Waals surface area contributed by atoms with Crippen LogP contribution in [-0.2, 0) is 0 Å². The summed E-state index contributed by atoms with van der Waals surface area (Å²) in [5, 5.41) is 2.13. The summed E-state index contributed by atoms with van der Waals surface area (Å²) in [5.74, 6) is 0. The molecule has 10 aromatic rings. The molecule has 51 heavy (non-hydrogen) atoms. The summed E-state index contributed by atoms with van der Waals surface area (Å²) >= 11 is 0. The van der Waals surface area contributed by atoms with Gasteiger partial charge in [-0.2, -0.15) is 0 Å². The van der Waals surface area contributed by atoms with Crippen LogP contribution in [0.1, 0.15) is 8.22 Å². The van der Waals surface area contributed by atoms with Crippen LogP contribution in [0.3, 0.4) is 0 Å². The van der Waals surface area contributed by atoms with E-state index in [0.717, 1.165) is 44.1 Å². The molecule has 0 atom stereocenters. The van der Waals surface area contributed by atoms with E-state index < -0.39 is 0 Å². The molecule has 0 N–H and O–H groups in total. The quantitative estimate of drug-likeness (QED) is 0.177. The molecule has 0 spiro atoms. The Kier molecular flexibility index (Phi) is 5.50. The van der Waals surface area contributed by atoms with Gasteiger partial charge in [-0.05, 0) is 76.8 Å². The summed E-state index contributed by atoms with van der Waals surface area (Å²) in [4.78, 5) is 1.81. The Morgan fingerprint density at radius 3 is 1.51 bits per heavy atom. The summed E-state index contributed by atoms with van der Waals surface area (Å²) < 4.78 is 64.7. The molecular formula is C48H32N2O. The van der Waals surface area contributed by atoms with Crippen molar-refractivity contribution in [2.24, 2.45) is 0 Å². The van der Waals surface area contributed by atoms with E-state index in [4.69, 9.17) is 7.16 Å². The lowest BCUT2D eigenvalue weighted by molar-refractivity contribution is 0.666. The van der Waals surface area contributed by atoms with Gasteiger partial charge in [0.25, 0.3) is 0 Å². The number of furan rings is 1. The van der Waals surface area contributed by atoms with E-state index in [-0.39, 0.29) is 69.6 Å². The molecule has 0 fully saturated rings. The number of nitrogens with zero attached hydrogens (tertiary/aromatic N) is 2. The Labute approximate surface area is 304 Å². The van der Waals surface area contributed by atoms with Crippen LogP contribution in [0, 0.1) is 0 Å². The number of hydrogen-bond donors (Lipinski definition) is 0. The summed E-state index contributed by atoms with van der Waals surface area (Å²) in [5.41, 5.74) is 7.53. The molecule has 0 saturated heterocycles. The lowest BCUT2D eigenvalue weighted by Crippen LogP contribution is -2.09. The van der Waals surface area contributed by atoms with Crippen molar-refractivity contribution in [2.45, 2.75) is 0 Å². The van der Waals surface area contributed by atoms with Crippen molar-refractivity contribution in [1.29, 1.82) is 0 Å². The molecule has 0 bridgehead atoms. The van der Waals surface area contributed by atoms with Crippen molar-refractivity contribution in [3.05, 3.63) is 194 Å². The van der Waals surface area contributed by atoms with Gasteiger partial charge in [-0.3, -0.25) is 0 Å². The van der Waals surface area contributed by atoms with Gasteiger partial charge in [-0.25, -0.2) is 0 Å². The minimum absolute atomic E-state index is 0.00771. The number of hydrogen-bond acceptors (Lipinski definition) is 2. The third kappa shape index (κ3) is 4.90. The van der Waals surface area contributed by atoms with Crippen LogP contribution in [0.15, 0.2) is 198 Å². The molecule has 0 aliphatic rings. The van der Waals surface area contributed by atoms with Crippen LogP contribution in [0.4, 0.5) is 17.1 Å². The Bertz CT molecular complexity index is 3040. The van der Waals surface area contributed by atoms with Gasteiger partial charge in [-0.15, -0.1) is 0 Å². The highest BCUT2D eigenvalue weighted by molar-refractivity contribution is 6.13. The predicted molar refractivity (Wildman–Crippen MR) is 214 cm³/mol. The molecule has 10 rings (SSSR count). The molecule has 0 saturated carbocycles. The molecule has 2 aromatic heterocycles. The first-order chi connectivity index (χ1) is 27.8. The highest BCUT2D eigenvalue weighted by Gasteiger charge is 2.19. The van der Waals surface area contributed by atoms with Crippen LogP contribution in [0.25, 0.3) is 71.7 Å². The maximum absolute atomic E-state index is 9.78. The fourth-order valence-electron chi connectivity index (χ4n) is 7.10. The molecular weight excluding hydrogens is 621 g/mol. The average molecular weight is 659 g/mol. The highest BCUT2D eigenvalue weighted by Crippen LogP contribution is 2.42.